The van der Waals surface area contributed by atoms with Gasteiger partial charge in [-0.1, -0.05) is 32.1 Å². The fraction of sp³-hybridized carbons (Fsp3) is 0.857. The lowest BCUT2D eigenvalue weighted by Gasteiger charge is -2.21. The molecule has 4 heteroatoms. The van der Waals surface area contributed by atoms with Gasteiger partial charge in [-0.15, -0.1) is 0 Å². The van der Waals surface area contributed by atoms with Crippen molar-refractivity contribution in [3.05, 3.63) is 0 Å². The van der Waals surface area contributed by atoms with Crippen LogP contribution in [0, 0.1) is 5.92 Å². The van der Waals surface area contributed by atoms with Crippen LogP contribution in [0.4, 0.5) is 0 Å². The predicted octanol–water partition coefficient (Wildman–Crippen LogP) is 2.17. The normalized spacial score (nSPS) is 24.9. The van der Waals surface area contributed by atoms with E-state index in [0.29, 0.717) is 19.4 Å². The number of amides is 1. The molecule has 0 aromatic carbocycles. The molecule has 0 aromatic rings. The number of nitrogens with one attached hydrogen (secondary N) is 1. The molecule has 1 N–H and O–H groups in total. The van der Waals surface area contributed by atoms with Gasteiger partial charge in [0, 0.05) is 12.8 Å². The van der Waals surface area contributed by atoms with Crippen molar-refractivity contribution in [1.29, 1.82) is 0 Å². The van der Waals surface area contributed by atoms with Crippen LogP contribution in [0.2, 0.25) is 0 Å². The van der Waals surface area contributed by atoms with E-state index in [-0.39, 0.29) is 11.9 Å². The molecule has 0 bridgehead atoms. The fourth-order valence-corrected chi connectivity index (χ4v) is 2.92. The van der Waals surface area contributed by atoms with Gasteiger partial charge >= 0.3 is 5.97 Å². The highest BCUT2D eigenvalue weighted by Crippen LogP contribution is 2.27. The smallest absolute Gasteiger partial charge is 0.328 e. The van der Waals surface area contributed by atoms with Gasteiger partial charge in [0.15, 0.2) is 0 Å². The van der Waals surface area contributed by atoms with Gasteiger partial charge in [0.25, 0.3) is 0 Å². The third kappa shape index (κ3) is 4.00. The Morgan fingerprint density at radius 2 is 2.00 bits per heavy atom. The van der Waals surface area contributed by atoms with Crippen molar-refractivity contribution in [2.45, 2.75) is 63.8 Å². The Morgan fingerprint density at radius 1 is 1.22 bits per heavy atom. The predicted molar refractivity (Wildman–Crippen MR) is 67.9 cm³/mol. The molecule has 1 atom stereocenters. The molecule has 0 spiro atoms. The van der Waals surface area contributed by atoms with E-state index in [1.807, 2.05) is 0 Å². The van der Waals surface area contributed by atoms with Crippen molar-refractivity contribution in [2.24, 2.45) is 5.92 Å². The first-order valence-electron chi connectivity index (χ1n) is 7.21. The van der Waals surface area contributed by atoms with Gasteiger partial charge in [0.05, 0.1) is 6.61 Å². The van der Waals surface area contributed by atoms with Crippen LogP contribution >= 0.6 is 0 Å². The first kappa shape index (κ1) is 13.4. The number of hydrogen-bond donors (Lipinski definition) is 1. The molecule has 1 saturated heterocycles. The van der Waals surface area contributed by atoms with Crippen LogP contribution in [0.1, 0.15) is 57.8 Å². The van der Waals surface area contributed by atoms with E-state index in [2.05, 4.69) is 5.32 Å². The standard InChI is InChI=1S/C14H23NO3/c16-13(15-12-9-10-18-14(12)17)8-4-7-11-5-2-1-3-6-11/h11-12H,1-10H2,(H,15,16)/t12-/m0/s1. The Balaban J connectivity index is 1.58. The third-order valence-electron chi connectivity index (χ3n) is 4.01. The monoisotopic (exact) mass is 253 g/mol. The number of cyclic esters (lactones) is 1. The summed E-state index contributed by atoms with van der Waals surface area (Å²) in [5.41, 5.74) is 0. The molecule has 1 aliphatic carbocycles. The summed E-state index contributed by atoms with van der Waals surface area (Å²) in [4.78, 5) is 22.9. The lowest BCUT2D eigenvalue weighted by Crippen LogP contribution is -2.37. The summed E-state index contributed by atoms with van der Waals surface area (Å²) in [5.74, 6) is 0.535. The van der Waals surface area contributed by atoms with E-state index in [4.69, 9.17) is 4.74 Å². The molecular weight excluding hydrogens is 230 g/mol. The van der Waals surface area contributed by atoms with Crippen molar-refractivity contribution in [1.82, 2.24) is 5.32 Å². The second kappa shape index (κ2) is 6.76. The minimum absolute atomic E-state index is 0.00494. The summed E-state index contributed by atoms with van der Waals surface area (Å²) in [6, 6.07) is -0.396. The van der Waals surface area contributed by atoms with Crippen molar-refractivity contribution in [2.75, 3.05) is 6.61 Å². The molecule has 1 amide bonds. The maximum Gasteiger partial charge on any atom is 0.328 e. The van der Waals surface area contributed by atoms with E-state index in [1.54, 1.807) is 0 Å². The number of rotatable bonds is 5. The van der Waals surface area contributed by atoms with Crippen molar-refractivity contribution < 1.29 is 14.3 Å². The Hall–Kier alpha value is -1.06. The third-order valence-corrected chi connectivity index (χ3v) is 4.01. The number of esters is 1. The zero-order chi connectivity index (χ0) is 12.8. The second-order valence-corrected chi connectivity index (χ2v) is 5.47. The van der Waals surface area contributed by atoms with E-state index in [9.17, 15) is 9.59 Å². The topological polar surface area (TPSA) is 55.4 Å². The molecule has 0 radical (unpaired) electrons. The van der Waals surface area contributed by atoms with Crippen LogP contribution in [-0.2, 0) is 14.3 Å². The van der Waals surface area contributed by atoms with Gasteiger partial charge in [0.2, 0.25) is 5.91 Å². The Kier molecular flexibility index (Phi) is 5.02. The Labute approximate surface area is 108 Å². The largest absolute Gasteiger partial charge is 0.464 e. The van der Waals surface area contributed by atoms with Gasteiger partial charge in [-0.05, 0) is 18.8 Å². The zero-order valence-corrected chi connectivity index (χ0v) is 11.0. The minimum atomic E-state index is -0.396. The van der Waals surface area contributed by atoms with Gasteiger partial charge in [-0.25, -0.2) is 4.79 Å². The number of carbonyl (C=O) groups excluding carboxylic acids is 2. The zero-order valence-electron chi connectivity index (χ0n) is 11.0. The lowest BCUT2D eigenvalue weighted by atomic mass is 9.86. The molecule has 102 valence electrons. The number of hydrogen-bond acceptors (Lipinski definition) is 3. The summed E-state index contributed by atoms with van der Waals surface area (Å²) in [5, 5.41) is 2.75. The van der Waals surface area contributed by atoms with Gasteiger partial charge in [-0.3, -0.25) is 4.79 Å². The van der Waals surface area contributed by atoms with Crippen LogP contribution in [0.5, 0.6) is 0 Å². The first-order valence-corrected chi connectivity index (χ1v) is 7.21. The van der Waals surface area contributed by atoms with Crippen molar-refractivity contribution >= 4 is 11.9 Å². The highest BCUT2D eigenvalue weighted by Gasteiger charge is 2.27. The summed E-state index contributed by atoms with van der Waals surface area (Å²) in [6.45, 7) is 0.436. The van der Waals surface area contributed by atoms with E-state index in [0.717, 1.165) is 18.8 Å². The molecule has 4 nitrogen and oxygen atoms in total. The maximum atomic E-state index is 11.7. The molecule has 18 heavy (non-hydrogen) atoms. The molecule has 2 rings (SSSR count). The van der Waals surface area contributed by atoms with Crippen molar-refractivity contribution in [3.8, 4) is 0 Å². The SMILES string of the molecule is O=C(CCCC1CCCCC1)N[C@H]1CCOC1=O. The second-order valence-electron chi connectivity index (χ2n) is 5.47. The summed E-state index contributed by atoms with van der Waals surface area (Å²) in [7, 11) is 0. The Bertz CT molecular complexity index is 297. The lowest BCUT2D eigenvalue weighted by molar-refractivity contribution is -0.141. The maximum absolute atomic E-state index is 11.7. The molecular formula is C14H23NO3. The molecule has 1 aliphatic heterocycles. The molecule has 2 aliphatic rings. The summed E-state index contributed by atoms with van der Waals surface area (Å²) in [6.07, 6.45) is 10.00. The summed E-state index contributed by atoms with van der Waals surface area (Å²) >= 11 is 0. The van der Waals surface area contributed by atoms with E-state index >= 15 is 0 Å². The highest BCUT2D eigenvalue weighted by molar-refractivity contribution is 5.85. The summed E-state index contributed by atoms with van der Waals surface area (Å²) < 4.78 is 4.81. The van der Waals surface area contributed by atoms with E-state index < -0.39 is 6.04 Å². The van der Waals surface area contributed by atoms with Crippen molar-refractivity contribution in [3.63, 3.8) is 0 Å². The van der Waals surface area contributed by atoms with Crippen LogP contribution in [0.15, 0.2) is 0 Å². The number of carbonyl (C=O) groups is 2. The van der Waals surface area contributed by atoms with Gasteiger partial charge < -0.3 is 10.1 Å². The molecule has 1 saturated carbocycles. The van der Waals surface area contributed by atoms with Crippen LogP contribution < -0.4 is 5.32 Å². The number of ether oxygens (including phenoxy) is 1. The van der Waals surface area contributed by atoms with Gasteiger partial charge in [0.1, 0.15) is 6.04 Å². The van der Waals surface area contributed by atoms with Crippen LogP contribution in [0.3, 0.4) is 0 Å². The molecule has 0 unspecified atom stereocenters. The fourth-order valence-electron chi connectivity index (χ4n) is 2.92. The average molecular weight is 253 g/mol. The first-order chi connectivity index (χ1) is 8.75. The Morgan fingerprint density at radius 3 is 2.67 bits per heavy atom. The molecule has 0 aromatic heterocycles. The van der Waals surface area contributed by atoms with Gasteiger partial charge in [-0.2, -0.15) is 0 Å². The highest BCUT2D eigenvalue weighted by atomic mass is 16.5. The average Bonchev–Trinajstić information content (AvgIpc) is 2.76. The molecule has 2 fully saturated rings. The quantitative estimate of drug-likeness (QED) is 0.764. The van der Waals surface area contributed by atoms with E-state index in [1.165, 1.54) is 32.1 Å². The van der Waals surface area contributed by atoms with Crippen LogP contribution in [0.25, 0.3) is 0 Å². The molecule has 1 heterocycles. The van der Waals surface area contributed by atoms with Crippen LogP contribution in [-0.4, -0.2) is 24.5 Å². The minimum Gasteiger partial charge on any atom is -0.464 e.